The van der Waals surface area contributed by atoms with Crippen molar-refractivity contribution in [2.24, 2.45) is 11.8 Å². The lowest BCUT2D eigenvalue weighted by atomic mass is 9.77. The maximum absolute atomic E-state index is 11.3. The summed E-state index contributed by atoms with van der Waals surface area (Å²) in [5.74, 6) is 1.87. The van der Waals surface area contributed by atoms with Crippen LogP contribution in [0.1, 0.15) is 52.9 Å². The number of Topliss-reactive ketones (excluding diaryl/α,β-unsaturated/α-hetero) is 1. The van der Waals surface area contributed by atoms with E-state index < -0.39 is 0 Å². The summed E-state index contributed by atoms with van der Waals surface area (Å²) in [6, 6.07) is 0. The van der Waals surface area contributed by atoms with Gasteiger partial charge in [0.25, 0.3) is 0 Å². The van der Waals surface area contributed by atoms with Crippen LogP contribution < -0.4 is 0 Å². The molecular weight excluding hydrogens is 172 g/mol. The van der Waals surface area contributed by atoms with Crippen LogP contribution in [0.3, 0.4) is 0 Å². The summed E-state index contributed by atoms with van der Waals surface area (Å²) in [7, 11) is 0. The third-order valence-electron chi connectivity index (χ3n) is 3.26. The van der Waals surface area contributed by atoms with Crippen molar-refractivity contribution in [1.82, 2.24) is 0 Å². The summed E-state index contributed by atoms with van der Waals surface area (Å²) in [4.78, 5) is 11.3. The number of carbonyl (C=O) groups excluding carboxylic acids is 1. The molecule has 0 saturated heterocycles. The molecule has 0 N–H and O–H groups in total. The second-order valence-corrected chi connectivity index (χ2v) is 4.88. The Kier molecular flexibility index (Phi) is 4.37. The van der Waals surface area contributed by atoms with Crippen LogP contribution in [0.2, 0.25) is 0 Å². The van der Waals surface area contributed by atoms with Crippen molar-refractivity contribution in [3.8, 4) is 0 Å². The zero-order chi connectivity index (χ0) is 10.6. The van der Waals surface area contributed by atoms with Gasteiger partial charge in [-0.1, -0.05) is 18.6 Å². The van der Waals surface area contributed by atoms with Crippen LogP contribution in [0.5, 0.6) is 0 Å². The number of rotatable bonds is 3. The summed E-state index contributed by atoms with van der Waals surface area (Å²) in [6.45, 7) is 6.56. The van der Waals surface area contributed by atoms with E-state index in [0.29, 0.717) is 11.7 Å². The van der Waals surface area contributed by atoms with Gasteiger partial charge in [0, 0.05) is 12.8 Å². The van der Waals surface area contributed by atoms with Gasteiger partial charge in [-0.3, -0.25) is 4.79 Å². The summed E-state index contributed by atoms with van der Waals surface area (Å²) < 4.78 is 0. The molecular formula is C13H22O. The van der Waals surface area contributed by atoms with Crippen LogP contribution in [-0.4, -0.2) is 5.78 Å². The van der Waals surface area contributed by atoms with Crippen LogP contribution in [-0.2, 0) is 4.79 Å². The molecule has 0 amide bonds. The van der Waals surface area contributed by atoms with Crippen molar-refractivity contribution in [3.05, 3.63) is 11.6 Å². The number of ketones is 1. The van der Waals surface area contributed by atoms with Gasteiger partial charge in [-0.15, -0.1) is 0 Å². The minimum Gasteiger partial charge on any atom is -0.300 e. The Bertz CT molecular complexity index is 223. The predicted molar refractivity (Wildman–Crippen MR) is 60.2 cm³/mol. The van der Waals surface area contributed by atoms with E-state index >= 15 is 0 Å². The van der Waals surface area contributed by atoms with Crippen LogP contribution in [0.25, 0.3) is 0 Å². The topological polar surface area (TPSA) is 17.1 Å². The van der Waals surface area contributed by atoms with Crippen LogP contribution in [0, 0.1) is 11.8 Å². The van der Waals surface area contributed by atoms with E-state index in [1.807, 2.05) is 0 Å². The fraction of sp³-hybridized carbons (Fsp3) is 0.769. The van der Waals surface area contributed by atoms with Crippen molar-refractivity contribution in [2.45, 2.75) is 52.9 Å². The SMILES string of the molecule is CC(C)=CCCC1CC(=O)CCC1C. The Morgan fingerprint density at radius 3 is 2.86 bits per heavy atom. The van der Waals surface area contributed by atoms with Crippen LogP contribution in [0.15, 0.2) is 11.6 Å². The molecule has 0 aliphatic heterocycles. The van der Waals surface area contributed by atoms with E-state index in [2.05, 4.69) is 26.8 Å². The van der Waals surface area contributed by atoms with Crippen molar-refractivity contribution in [3.63, 3.8) is 0 Å². The fourth-order valence-electron chi connectivity index (χ4n) is 2.19. The molecule has 2 atom stereocenters. The maximum Gasteiger partial charge on any atom is 0.133 e. The van der Waals surface area contributed by atoms with Gasteiger partial charge in [-0.2, -0.15) is 0 Å². The van der Waals surface area contributed by atoms with Crippen LogP contribution in [0.4, 0.5) is 0 Å². The molecule has 2 unspecified atom stereocenters. The molecule has 14 heavy (non-hydrogen) atoms. The first-order valence-corrected chi connectivity index (χ1v) is 5.74. The zero-order valence-electron chi connectivity index (χ0n) is 9.68. The lowest BCUT2D eigenvalue weighted by molar-refractivity contribution is -0.122. The molecule has 0 aromatic heterocycles. The number of hydrogen-bond donors (Lipinski definition) is 0. The molecule has 0 bridgehead atoms. The van der Waals surface area contributed by atoms with Crippen molar-refractivity contribution >= 4 is 5.78 Å². The van der Waals surface area contributed by atoms with Gasteiger partial charge in [-0.25, -0.2) is 0 Å². The number of allylic oxidation sites excluding steroid dienone is 2. The van der Waals surface area contributed by atoms with Gasteiger partial charge in [0.05, 0.1) is 0 Å². The average molecular weight is 194 g/mol. The summed E-state index contributed by atoms with van der Waals surface area (Å²) in [5.41, 5.74) is 1.39. The molecule has 0 aromatic rings. The van der Waals surface area contributed by atoms with E-state index in [-0.39, 0.29) is 0 Å². The molecule has 1 heteroatoms. The average Bonchev–Trinajstić information content (AvgIpc) is 2.10. The molecule has 1 aliphatic carbocycles. The van der Waals surface area contributed by atoms with Gasteiger partial charge in [-0.05, 0) is 44.9 Å². The van der Waals surface area contributed by atoms with Gasteiger partial charge in [0.1, 0.15) is 5.78 Å². The molecule has 1 aliphatic rings. The van der Waals surface area contributed by atoms with Gasteiger partial charge in [0.15, 0.2) is 0 Å². The molecule has 0 aromatic carbocycles. The third-order valence-corrected chi connectivity index (χ3v) is 3.26. The van der Waals surface area contributed by atoms with E-state index in [9.17, 15) is 4.79 Å². The van der Waals surface area contributed by atoms with Crippen molar-refractivity contribution in [2.75, 3.05) is 0 Å². The first kappa shape index (κ1) is 11.5. The zero-order valence-corrected chi connectivity index (χ0v) is 9.68. The van der Waals surface area contributed by atoms with Gasteiger partial charge in [0.2, 0.25) is 0 Å². The van der Waals surface area contributed by atoms with E-state index in [4.69, 9.17) is 0 Å². The second kappa shape index (κ2) is 5.33. The monoisotopic (exact) mass is 194 g/mol. The Hall–Kier alpha value is -0.590. The molecule has 0 heterocycles. The number of carbonyl (C=O) groups is 1. The summed E-state index contributed by atoms with van der Waals surface area (Å²) in [5, 5.41) is 0. The highest BCUT2D eigenvalue weighted by Crippen LogP contribution is 2.31. The van der Waals surface area contributed by atoms with Crippen LogP contribution >= 0.6 is 0 Å². The Morgan fingerprint density at radius 2 is 2.21 bits per heavy atom. The highest BCUT2D eigenvalue weighted by Gasteiger charge is 2.25. The first-order chi connectivity index (χ1) is 6.59. The molecule has 1 rings (SSSR count). The lowest BCUT2D eigenvalue weighted by Crippen LogP contribution is -2.22. The third kappa shape index (κ3) is 3.65. The fourth-order valence-corrected chi connectivity index (χ4v) is 2.19. The first-order valence-electron chi connectivity index (χ1n) is 5.74. The molecule has 1 fully saturated rings. The van der Waals surface area contributed by atoms with E-state index in [1.165, 1.54) is 12.0 Å². The minimum absolute atomic E-state index is 0.477. The Morgan fingerprint density at radius 1 is 1.50 bits per heavy atom. The predicted octanol–water partition coefficient (Wildman–Crippen LogP) is 3.74. The normalized spacial score (nSPS) is 27.5. The standard InChI is InChI=1S/C13H22O/c1-10(2)5-4-6-12-9-13(14)8-7-11(12)3/h5,11-12H,4,6-9H2,1-3H3. The largest absolute Gasteiger partial charge is 0.300 e. The second-order valence-electron chi connectivity index (χ2n) is 4.88. The van der Waals surface area contributed by atoms with Crippen molar-refractivity contribution in [1.29, 1.82) is 0 Å². The summed E-state index contributed by atoms with van der Waals surface area (Å²) in [6.07, 6.45) is 7.38. The van der Waals surface area contributed by atoms with Crippen molar-refractivity contribution < 1.29 is 4.79 Å². The quantitative estimate of drug-likeness (QED) is 0.625. The molecule has 80 valence electrons. The molecule has 0 spiro atoms. The highest BCUT2D eigenvalue weighted by atomic mass is 16.1. The molecule has 1 saturated carbocycles. The molecule has 0 radical (unpaired) electrons. The maximum atomic E-state index is 11.3. The lowest BCUT2D eigenvalue weighted by Gasteiger charge is -2.27. The van der Waals surface area contributed by atoms with E-state index in [1.54, 1.807) is 0 Å². The molecule has 1 nitrogen and oxygen atoms in total. The highest BCUT2D eigenvalue weighted by molar-refractivity contribution is 5.79. The minimum atomic E-state index is 0.477. The Balaban J connectivity index is 2.34. The number of hydrogen-bond acceptors (Lipinski definition) is 1. The smallest absolute Gasteiger partial charge is 0.133 e. The van der Waals surface area contributed by atoms with E-state index in [0.717, 1.165) is 31.6 Å². The van der Waals surface area contributed by atoms with Gasteiger partial charge >= 0.3 is 0 Å². The van der Waals surface area contributed by atoms with Gasteiger partial charge < -0.3 is 0 Å². The summed E-state index contributed by atoms with van der Waals surface area (Å²) >= 11 is 0. The Labute approximate surface area is 87.6 Å².